The van der Waals surface area contributed by atoms with E-state index in [9.17, 15) is 5.11 Å². The van der Waals surface area contributed by atoms with E-state index >= 15 is 0 Å². The lowest BCUT2D eigenvalue weighted by molar-refractivity contribution is 0.131. The van der Waals surface area contributed by atoms with E-state index in [1.165, 1.54) is 18.4 Å². The fourth-order valence-electron chi connectivity index (χ4n) is 3.57. The van der Waals surface area contributed by atoms with E-state index < -0.39 is 0 Å². The van der Waals surface area contributed by atoms with Gasteiger partial charge in [0.2, 0.25) is 0 Å². The fraction of sp³-hybridized carbons (Fsp3) is 0.647. The molecule has 1 N–H and O–H groups in total. The topological polar surface area (TPSA) is 32.7 Å². The number of methoxy groups -OCH3 is 1. The number of aliphatic hydroxyl groups is 1. The lowest BCUT2D eigenvalue weighted by Crippen LogP contribution is -2.42. The van der Waals surface area contributed by atoms with Gasteiger partial charge in [-0.15, -0.1) is 0 Å². The van der Waals surface area contributed by atoms with Crippen LogP contribution in [0.25, 0.3) is 0 Å². The second-order valence-corrected chi connectivity index (χ2v) is 6.20. The Labute approximate surface area is 122 Å². The third-order valence-electron chi connectivity index (χ3n) is 4.82. The summed E-state index contributed by atoms with van der Waals surface area (Å²) in [5.74, 6) is 0.909. The molecule has 1 saturated carbocycles. The zero-order valence-corrected chi connectivity index (χ0v) is 12.9. The molecule has 0 saturated heterocycles. The van der Waals surface area contributed by atoms with Crippen LogP contribution in [-0.4, -0.2) is 43.9 Å². The molecule has 0 amide bonds. The van der Waals surface area contributed by atoms with Gasteiger partial charge in [-0.05, 0) is 62.9 Å². The molecule has 0 heterocycles. The smallest absolute Gasteiger partial charge is 0.119 e. The minimum absolute atomic E-state index is 0.0937. The summed E-state index contributed by atoms with van der Waals surface area (Å²) in [6.07, 6.45) is 5.59. The van der Waals surface area contributed by atoms with E-state index in [-0.39, 0.29) is 12.0 Å². The van der Waals surface area contributed by atoms with Crippen molar-refractivity contribution in [2.75, 3.05) is 27.8 Å². The monoisotopic (exact) mass is 277 g/mol. The van der Waals surface area contributed by atoms with Crippen molar-refractivity contribution in [3.63, 3.8) is 0 Å². The quantitative estimate of drug-likeness (QED) is 0.898. The van der Waals surface area contributed by atoms with Crippen molar-refractivity contribution in [1.82, 2.24) is 4.90 Å². The van der Waals surface area contributed by atoms with Crippen molar-refractivity contribution in [3.8, 4) is 5.75 Å². The molecule has 2 rings (SSSR count). The van der Waals surface area contributed by atoms with E-state index in [2.05, 4.69) is 37.2 Å². The minimum Gasteiger partial charge on any atom is -0.497 e. The Morgan fingerprint density at radius 1 is 1.40 bits per heavy atom. The summed E-state index contributed by atoms with van der Waals surface area (Å²) in [6.45, 7) is 0.247. The molecular formula is C17H27NO2. The van der Waals surface area contributed by atoms with Gasteiger partial charge in [-0.1, -0.05) is 18.6 Å². The summed E-state index contributed by atoms with van der Waals surface area (Å²) in [6, 6.07) is 8.99. The molecule has 1 fully saturated rings. The van der Waals surface area contributed by atoms with Crippen LogP contribution in [0.5, 0.6) is 5.75 Å². The molecule has 1 aromatic rings. The summed E-state index contributed by atoms with van der Waals surface area (Å²) in [4.78, 5) is 2.32. The number of nitrogens with zero attached hydrogens (tertiary/aromatic N) is 1. The van der Waals surface area contributed by atoms with E-state index in [4.69, 9.17) is 4.74 Å². The van der Waals surface area contributed by atoms with Gasteiger partial charge in [-0.25, -0.2) is 0 Å². The highest BCUT2D eigenvalue weighted by molar-refractivity contribution is 5.34. The van der Waals surface area contributed by atoms with Gasteiger partial charge in [0, 0.05) is 12.6 Å². The Morgan fingerprint density at radius 2 is 2.20 bits per heavy atom. The molecule has 3 nitrogen and oxygen atoms in total. The van der Waals surface area contributed by atoms with Crippen LogP contribution in [0.3, 0.4) is 0 Å². The average Bonchev–Trinajstić information content (AvgIpc) is 2.48. The van der Waals surface area contributed by atoms with Crippen LogP contribution in [0.1, 0.15) is 37.7 Å². The van der Waals surface area contributed by atoms with Crippen LogP contribution in [0.15, 0.2) is 24.3 Å². The number of rotatable bonds is 5. The van der Waals surface area contributed by atoms with Gasteiger partial charge in [-0.2, -0.15) is 0 Å². The van der Waals surface area contributed by atoms with E-state index in [1.54, 1.807) is 7.11 Å². The Bertz CT molecular complexity index is 429. The molecule has 20 heavy (non-hydrogen) atoms. The van der Waals surface area contributed by atoms with Crippen LogP contribution in [0.4, 0.5) is 0 Å². The molecule has 1 aliphatic rings. The summed E-state index contributed by atoms with van der Waals surface area (Å²) < 4.78 is 5.37. The summed E-state index contributed by atoms with van der Waals surface area (Å²) in [7, 11) is 6.03. The van der Waals surface area contributed by atoms with Gasteiger partial charge in [-0.3, -0.25) is 0 Å². The van der Waals surface area contributed by atoms with Gasteiger partial charge in [0.1, 0.15) is 5.75 Å². The van der Waals surface area contributed by atoms with Crippen LogP contribution in [0, 0.1) is 0 Å². The van der Waals surface area contributed by atoms with E-state index in [0.29, 0.717) is 6.04 Å². The zero-order valence-electron chi connectivity index (χ0n) is 12.9. The molecule has 0 spiro atoms. The third-order valence-corrected chi connectivity index (χ3v) is 4.82. The molecule has 0 aromatic heterocycles. The fourth-order valence-corrected chi connectivity index (χ4v) is 3.57. The average molecular weight is 277 g/mol. The SMILES string of the molecule is COc1cccc([C@@]2(CCO)CCC[C@@H](N(C)C)C2)c1. The molecule has 3 heteroatoms. The lowest BCUT2D eigenvalue weighted by Gasteiger charge is -2.43. The minimum atomic E-state index is 0.0937. The normalized spacial score (nSPS) is 26.8. The first-order valence-corrected chi connectivity index (χ1v) is 7.53. The predicted octanol–water partition coefficient (Wildman–Crippen LogP) is 2.82. The molecule has 0 unspecified atom stereocenters. The highest BCUT2D eigenvalue weighted by Crippen LogP contribution is 2.43. The van der Waals surface area contributed by atoms with Crippen molar-refractivity contribution in [3.05, 3.63) is 29.8 Å². The summed E-state index contributed by atoms with van der Waals surface area (Å²) in [5.41, 5.74) is 1.41. The molecule has 2 atom stereocenters. The summed E-state index contributed by atoms with van der Waals surface area (Å²) in [5, 5.41) is 9.55. The van der Waals surface area contributed by atoms with Gasteiger partial charge in [0.25, 0.3) is 0 Å². The molecule has 0 radical (unpaired) electrons. The van der Waals surface area contributed by atoms with Crippen molar-refractivity contribution in [2.24, 2.45) is 0 Å². The number of aliphatic hydroxyl groups excluding tert-OH is 1. The van der Waals surface area contributed by atoms with Crippen molar-refractivity contribution < 1.29 is 9.84 Å². The molecule has 112 valence electrons. The number of hydrogen-bond donors (Lipinski definition) is 1. The van der Waals surface area contributed by atoms with Gasteiger partial charge in [0.05, 0.1) is 7.11 Å². The maximum atomic E-state index is 9.55. The van der Waals surface area contributed by atoms with Crippen LogP contribution in [0.2, 0.25) is 0 Å². The Hall–Kier alpha value is -1.06. The van der Waals surface area contributed by atoms with Gasteiger partial charge in [0.15, 0.2) is 0 Å². The van der Waals surface area contributed by atoms with Crippen molar-refractivity contribution in [2.45, 2.75) is 43.6 Å². The largest absolute Gasteiger partial charge is 0.497 e. The first kappa shape index (κ1) is 15.3. The van der Waals surface area contributed by atoms with Crippen molar-refractivity contribution >= 4 is 0 Å². The maximum Gasteiger partial charge on any atom is 0.119 e. The predicted molar refractivity (Wildman–Crippen MR) is 82.3 cm³/mol. The zero-order chi connectivity index (χ0) is 14.6. The van der Waals surface area contributed by atoms with Crippen LogP contribution < -0.4 is 4.74 Å². The standard InChI is InChI=1S/C17H27NO2/c1-18(2)15-7-5-9-17(13-15,10-11-19)14-6-4-8-16(12-14)20-3/h4,6,8,12,15,19H,5,7,9-11,13H2,1-3H3/t15-,17-/m1/s1. The second kappa shape index (κ2) is 6.59. The molecule has 1 aromatic carbocycles. The first-order valence-electron chi connectivity index (χ1n) is 7.53. The highest BCUT2D eigenvalue weighted by atomic mass is 16.5. The molecule has 1 aliphatic carbocycles. The maximum absolute atomic E-state index is 9.55. The van der Waals surface area contributed by atoms with E-state index in [0.717, 1.165) is 25.0 Å². The Morgan fingerprint density at radius 3 is 2.85 bits per heavy atom. The molecule has 0 aliphatic heterocycles. The Balaban J connectivity index is 2.32. The molecular weight excluding hydrogens is 250 g/mol. The third kappa shape index (κ3) is 3.15. The number of hydrogen-bond acceptors (Lipinski definition) is 3. The highest BCUT2D eigenvalue weighted by Gasteiger charge is 2.38. The first-order chi connectivity index (χ1) is 9.61. The Kier molecular flexibility index (Phi) is 5.06. The summed E-state index contributed by atoms with van der Waals surface area (Å²) >= 11 is 0. The molecule has 0 bridgehead atoms. The lowest BCUT2D eigenvalue weighted by atomic mass is 9.66. The van der Waals surface area contributed by atoms with Crippen molar-refractivity contribution in [1.29, 1.82) is 0 Å². The number of benzene rings is 1. The van der Waals surface area contributed by atoms with Gasteiger partial charge >= 0.3 is 0 Å². The van der Waals surface area contributed by atoms with Crippen LogP contribution >= 0.6 is 0 Å². The number of ether oxygens (including phenoxy) is 1. The second-order valence-electron chi connectivity index (χ2n) is 6.20. The van der Waals surface area contributed by atoms with Crippen LogP contribution in [-0.2, 0) is 5.41 Å². The van der Waals surface area contributed by atoms with E-state index in [1.807, 2.05) is 6.07 Å². The van der Waals surface area contributed by atoms with Gasteiger partial charge < -0.3 is 14.7 Å².